The first-order chi connectivity index (χ1) is 9.22. The molecule has 0 amide bonds. The molecule has 1 aromatic rings. The van der Waals surface area contributed by atoms with E-state index in [4.69, 9.17) is 21.6 Å². The van der Waals surface area contributed by atoms with Crippen LogP contribution in [-0.4, -0.2) is 12.4 Å². The van der Waals surface area contributed by atoms with Crippen LogP contribution in [0.3, 0.4) is 0 Å². The van der Waals surface area contributed by atoms with Gasteiger partial charge in [-0.3, -0.25) is 0 Å². The lowest BCUT2D eigenvalue weighted by Gasteiger charge is -2.19. The number of ether oxygens (including phenoxy) is 1. The van der Waals surface area contributed by atoms with E-state index in [1.165, 1.54) is 17.3 Å². The van der Waals surface area contributed by atoms with Gasteiger partial charge in [-0.15, -0.1) is 0 Å². The maximum atomic E-state index is 8.60. The molecule has 1 rings (SSSR count). The number of nitrogens with zero attached hydrogens (tertiary/aromatic N) is 1. The SMILES string of the molecule is CCCOc1ccc(Cl)cc1C(CC)CCSC#N. The second-order valence-electron chi connectivity index (χ2n) is 4.36. The van der Waals surface area contributed by atoms with Crippen LogP contribution in [0.25, 0.3) is 0 Å². The van der Waals surface area contributed by atoms with E-state index in [9.17, 15) is 0 Å². The highest BCUT2D eigenvalue weighted by Gasteiger charge is 2.15. The highest BCUT2D eigenvalue weighted by Crippen LogP contribution is 2.34. The van der Waals surface area contributed by atoms with Crippen LogP contribution >= 0.6 is 23.4 Å². The zero-order valence-corrected chi connectivity index (χ0v) is 13.1. The normalized spacial score (nSPS) is 11.9. The fraction of sp³-hybridized carbons (Fsp3) is 0.533. The van der Waals surface area contributed by atoms with Gasteiger partial charge in [-0.1, -0.05) is 25.4 Å². The van der Waals surface area contributed by atoms with Crippen LogP contribution in [0.2, 0.25) is 5.02 Å². The van der Waals surface area contributed by atoms with E-state index in [1.807, 2.05) is 18.2 Å². The van der Waals surface area contributed by atoms with Crippen LogP contribution in [-0.2, 0) is 0 Å². The minimum absolute atomic E-state index is 0.395. The quantitative estimate of drug-likeness (QED) is 0.487. The minimum atomic E-state index is 0.395. The molecule has 0 saturated heterocycles. The molecule has 0 N–H and O–H groups in total. The molecule has 0 spiro atoms. The molecule has 1 aromatic carbocycles. The third-order valence-electron chi connectivity index (χ3n) is 3.00. The van der Waals surface area contributed by atoms with Crippen molar-refractivity contribution in [2.75, 3.05) is 12.4 Å². The number of thiocyanates is 1. The van der Waals surface area contributed by atoms with E-state index < -0.39 is 0 Å². The number of benzene rings is 1. The molecule has 0 aromatic heterocycles. The molecule has 0 radical (unpaired) electrons. The van der Waals surface area contributed by atoms with Crippen LogP contribution in [0, 0.1) is 10.7 Å². The fourth-order valence-corrected chi connectivity index (χ4v) is 2.68. The number of halogens is 1. The van der Waals surface area contributed by atoms with E-state index in [0.717, 1.165) is 42.4 Å². The van der Waals surface area contributed by atoms with Crippen LogP contribution < -0.4 is 4.74 Å². The Hall–Kier alpha value is -0.850. The molecule has 0 saturated carbocycles. The van der Waals surface area contributed by atoms with Crippen LogP contribution in [0.1, 0.15) is 44.6 Å². The van der Waals surface area contributed by atoms with Gasteiger partial charge in [-0.05, 0) is 60.7 Å². The van der Waals surface area contributed by atoms with Crippen LogP contribution in [0.5, 0.6) is 5.75 Å². The summed E-state index contributed by atoms with van der Waals surface area (Å²) in [7, 11) is 0. The Kier molecular flexibility index (Phi) is 7.78. The Morgan fingerprint density at radius 1 is 1.42 bits per heavy atom. The summed E-state index contributed by atoms with van der Waals surface area (Å²) < 4.78 is 5.80. The summed E-state index contributed by atoms with van der Waals surface area (Å²) in [6, 6.07) is 5.82. The molecule has 104 valence electrons. The number of thioether (sulfide) groups is 1. The summed E-state index contributed by atoms with van der Waals surface area (Å²) in [5.74, 6) is 2.17. The summed E-state index contributed by atoms with van der Waals surface area (Å²) >= 11 is 7.41. The average Bonchev–Trinajstić information content (AvgIpc) is 2.42. The van der Waals surface area contributed by atoms with Gasteiger partial charge in [0.15, 0.2) is 0 Å². The van der Waals surface area contributed by atoms with E-state index in [0.29, 0.717) is 5.92 Å². The Balaban J connectivity index is 2.86. The summed E-state index contributed by atoms with van der Waals surface area (Å²) in [6.07, 6.45) is 2.98. The lowest BCUT2D eigenvalue weighted by molar-refractivity contribution is 0.311. The predicted molar refractivity (Wildman–Crippen MR) is 83.0 cm³/mol. The molecule has 0 heterocycles. The first-order valence-electron chi connectivity index (χ1n) is 6.66. The van der Waals surface area contributed by atoms with Crippen molar-refractivity contribution in [1.82, 2.24) is 0 Å². The van der Waals surface area contributed by atoms with E-state index in [-0.39, 0.29) is 0 Å². The van der Waals surface area contributed by atoms with Gasteiger partial charge in [0.1, 0.15) is 11.2 Å². The van der Waals surface area contributed by atoms with E-state index in [1.54, 1.807) is 0 Å². The maximum absolute atomic E-state index is 8.60. The van der Waals surface area contributed by atoms with Gasteiger partial charge in [0.25, 0.3) is 0 Å². The summed E-state index contributed by atoms with van der Waals surface area (Å²) in [5, 5.41) is 11.5. The van der Waals surface area contributed by atoms with Crippen molar-refractivity contribution >= 4 is 23.4 Å². The van der Waals surface area contributed by atoms with Gasteiger partial charge in [0.05, 0.1) is 6.61 Å². The molecule has 0 aliphatic heterocycles. The number of rotatable bonds is 8. The molecule has 2 nitrogen and oxygen atoms in total. The third-order valence-corrected chi connectivity index (χ3v) is 3.80. The van der Waals surface area contributed by atoms with Gasteiger partial charge in [-0.2, -0.15) is 5.26 Å². The highest BCUT2D eigenvalue weighted by molar-refractivity contribution is 8.03. The summed E-state index contributed by atoms with van der Waals surface area (Å²) in [6.45, 7) is 4.97. The molecular formula is C15H20ClNOS. The molecule has 0 aliphatic rings. The average molecular weight is 298 g/mol. The summed E-state index contributed by atoms with van der Waals surface area (Å²) in [5.41, 5.74) is 1.17. The zero-order valence-electron chi connectivity index (χ0n) is 11.5. The zero-order chi connectivity index (χ0) is 14.1. The second kappa shape index (κ2) is 9.12. The monoisotopic (exact) mass is 297 g/mol. The van der Waals surface area contributed by atoms with Crippen LogP contribution in [0.15, 0.2) is 18.2 Å². The number of nitriles is 1. The summed E-state index contributed by atoms with van der Waals surface area (Å²) in [4.78, 5) is 0. The maximum Gasteiger partial charge on any atom is 0.133 e. The van der Waals surface area contributed by atoms with Gasteiger partial charge >= 0.3 is 0 Å². The van der Waals surface area contributed by atoms with Gasteiger partial charge in [-0.25, -0.2) is 0 Å². The standard InChI is InChI=1S/C15H20ClNOS/c1-3-8-18-15-6-5-13(16)10-14(15)12(4-2)7-9-19-11-17/h5-6,10,12H,3-4,7-9H2,1-2H3. The first-order valence-corrected chi connectivity index (χ1v) is 8.02. The van der Waals surface area contributed by atoms with Crippen molar-refractivity contribution in [3.05, 3.63) is 28.8 Å². The first kappa shape index (κ1) is 16.2. The fourth-order valence-electron chi connectivity index (χ4n) is 2.01. The molecule has 0 fully saturated rings. The van der Waals surface area contributed by atoms with Crippen LogP contribution in [0.4, 0.5) is 0 Å². The molecule has 0 aliphatic carbocycles. The molecule has 1 unspecified atom stereocenters. The van der Waals surface area contributed by atoms with E-state index in [2.05, 4.69) is 19.2 Å². The largest absolute Gasteiger partial charge is 0.493 e. The lowest BCUT2D eigenvalue weighted by Crippen LogP contribution is -2.04. The second-order valence-corrected chi connectivity index (χ2v) is 5.68. The molecule has 1 atom stereocenters. The number of hydrogen-bond acceptors (Lipinski definition) is 3. The molecule has 0 bridgehead atoms. The highest BCUT2D eigenvalue weighted by atomic mass is 35.5. The third kappa shape index (κ3) is 5.34. The number of hydrogen-bond donors (Lipinski definition) is 0. The molecule has 19 heavy (non-hydrogen) atoms. The smallest absolute Gasteiger partial charge is 0.133 e. The Morgan fingerprint density at radius 2 is 2.21 bits per heavy atom. The lowest BCUT2D eigenvalue weighted by atomic mass is 9.93. The van der Waals surface area contributed by atoms with Crippen molar-refractivity contribution in [3.63, 3.8) is 0 Å². The Morgan fingerprint density at radius 3 is 2.84 bits per heavy atom. The Bertz CT molecular complexity index is 431. The van der Waals surface area contributed by atoms with Crippen molar-refractivity contribution in [3.8, 4) is 11.2 Å². The van der Waals surface area contributed by atoms with Crippen molar-refractivity contribution in [2.24, 2.45) is 0 Å². The molecule has 4 heteroatoms. The van der Waals surface area contributed by atoms with Gasteiger partial charge in [0, 0.05) is 10.8 Å². The topological polar surface area (TPSA) is 33.0 Å². The minimum Gasteiger partial charge on any atom is -0.493 e. The van der Waals surface area contributed by atoms with E-state index >= 15 is 0 Å². The van der Waals surface area contributed by atoms with Crippen molar-refractivity contribution in [2.45, 2.75) is 39.0 Å². The van der Waals surface area contributed by atoms with Crippen molar-refractivity contribution in [1.29, 1.82) is 5.26 Å². The Labute approximate surface area is 125 Å². The van der Waals surface area contributed by atoms with Crippen molar-refractivity contribution < 1.29 is 4.74 Å². The van der Waals surface area contributed by atoms with Gasteiger partial charge in [0.2, 0.25) is 0 Å². The van der Waals surface area contributed by atoms with Gasteiger partial charge < -0.3 is 4.74 Å². The predicted octanol–water partition coefficient (Wildman–Crippen LogP) is 5.23. The molecular weight excluding hydrogens is 278 g/mol.